The van der Waals surface area contributed by atoms with Gasteiger partial charge in [-0.2, -0.15) is 0 Å². The van der Waals surface area contributed by atoms with E-state index in [1.165, 1.54) is 33.3 Å². The molecule has 3 heteroatoms. The summed E-state index contributed by atoms with van der Waals surface area (Å²) in [6.07, 6.45) is 6.25. The Morgan fingerprint density at radius 1 is 1.27 bits per heavy atom. The predicted molar refractivity (Wildman–Crippen MR) is 96.2 cm³/mol. The molecule has 1 aliphatic rings. The number of H-pyrrole nitrogens is 1. The lowest BCUT2D eigenvalue weighted by atomic mass is 9.91. The molecule has 1 aromatic heterocycles. The quantitative estimate of drug-likeness (QED) is 0.822. The van der Waals surface area contributed by atoms with Gasteiger partial charge in [-0.1, -0.05) is 31.5 Å². The number of allylic oxidation sites excluding steroid dienone is 2. The van der Waals surface area contributed by atoms with Crippen LogP contribution in [0.5, 0.6) is 0 Å². The van der Waals surface area contributed by atoms with Crippen LogP contribution in [0.3, 0.4) is 0 Å². The lowest BCUT2D eigenvalue weighted by molar-refractivity contribution is 0.381. The van der Waals surface area contributed by atoms with E-state index >= 15 is 0 Å². The maximum atomic E-state index is 6.34. The third-order valence-corrected chi connectivity index (χ3v) is 4.81. The Balaban J connectivity index is 2.24. The second-order valence-corrected chi connectivity index (χ2v) is 6.50. The van der Waals surface area contributed by atoms with Crippen LogP contribution in [-0.4, -0.2) is 23.0 Å². The Labute approximate surface area is 137 Å². The van der Waals surface area contributed by atoms with Gasteiger partial charge in [0.2, 0.25) is 0 Å². The van der Waals surface area contributed by atoms with Crippen molar-refractivity contribution in [3.63, 3.8) is 0 Å². The zero-order valence-electron chi connectivity index (χ0n) is 13.7. The molecular formula is C19H23ClN2. The van der Waals surface area contributed by atoms with Gasteiger partial charge in [0.05, 0.1) is 11.1 Å². The van der Waals surface area contributed by atoms with Crippen LogP contribution in [-0.2, 0) is 6.42 Å². The molecule has 1 N–H and O–H groups in total. The molecule has 0 aliphatic carbocycles. The van der Waals surface area contributed by atoms with Crippen molar-refractivity contribution >= 4 is 28.1 Å². The van der Waals surface area contributed by atoms with Crippen LogP contribution in [0.2, 0.25) is 0 Å². The zero-order valence-corrected chi connectivity index (χ0v) is 14.5. The van der Waals surface area contributed by atoms with Gasteiger partial charge in [-0.3, -0.25) is 0 Å². The SMILES string of the molecule is CCc1ccc2[nH]c(C)c(C3=CC(Cl)=CN(C)C3CC)c2c1. The number of nitrogens with one attached hydrogen (secondary N) is 1. The molecular weight excluding hydrogens is 292 g/mol. The first-order chi connectivity index (χ1) is 10.5. The third-order valence-electron chi connectivity index (χ3n) is 4.61. The van der Waals surface area contributed by atoms with Crippen LogP contribution in [0.4, 0.5) is 0 Å². The topological polar surface area (TPSA) is 19.0 Å². The molecule has 2 aromatic rings. The molecule has 0 fully saturated rings. The summed E-state index contributed by atoms with van der Waals surface area (Å²) in [7, 11) is 2.10. The molecule has 0 saturated carbocycles. The number of rotatable bonds is 3. The number of aryl methyl sites for hydroxylation is 2. The molecule has 116 valence electrons. The van der Waals surface area contributed by atoms with Crippen molar-refractivity contribution < 1.29 is 0 Å². The maximum Gasteiger partial charge on any atom is 0.0568 e. The van der Waals surface area contributed by atoms with Crippen molar-refractivity contribution in [3.05, 3.63) is 52.3 Å². The highest BCUT2D eigenvalue weighted by Crippen LogP contribution is 2.37. The van der Waals surface area contributed by atoms with Crippen LogP contribution < -0.4 is 0 Å². The molecule has 1 aromatic carbocycles. The van der Waals surface area contributed by atoms with Crippen molar-refractivity contribution in [2.75, 3.05) is 7.05 Å². The standard InChI is InChI=1S/C19H23ClN2/c1-5-13-7-8-17-15(9-13)19(12(3)21-17)16-10-14(20)11-22(4)18(16)6-2/h7-11,18,21H,5-6H2,1-4H3. The fourth-order valence-corrected chi connectivity index (χ4v) is 3.77. The van der Waals surface area contributed by atoms with E-state index in [1.54, 1.807) is 0 Å². The van der Waals surface area contributed by atoms with E-state index in [9.17, 15) is 0 Å². The summed E-state index contributed by atoms with van der Waals surface area (Å²) in [4.78, 5) is 5.75. The minimum atomic E-state index is 0.366. The largest absolute Gasteiger partial charge is 0.372 e. The molecule has 2 heterocycles. The lowest BCUT2D eigenvalue weighted by Crippen LogP contribution is -2.30. The van der Waals surface area contributed by atoms with Gasteiger partial charge in [0.15, 0.2) is 0 Å². The molecule has 0 radical (unpaired) electrons. The van der Waals surface area contributed by atoms with Gasteiger partial charge >= 0.3 is 0 Å². The smallest absolute Gasteiger partial charge is 0.0568 e. The van der Waals surface area contributed by atoms with Gasteiger partial charge in [-0.25, -0.2) is 0 Å². The molecule has 0 spiro atoms. The van der Waals surface area contributed by atoms with E-state index in [0.717, 1.165) is 17.9 Å². The molecule has 1 atom stereocenters. The van der Waals surface area contributed by atoms with Crippen molar-refractivity contribution in [2.45, 2.75) is 39.7 Å². The highest BCUT2D eigenvalue weighted by Gasteiger charge is 2.25. The summed E-state index contributed by atoms with van der Waals surface area (Å²) in [6.45, 7) is 6.58. The molecule has 1 unspecified atom stereocenters. The average molecular weight is 315 g/mol. The Morgan fingerprint density at radius 2 is 2.05 bits per heavy atom. The molecule has 2 nitrogen and oxygen atoms in total. The average Bonchev–Trinajstić information content (AvgIpc) is 2.81. The minimum absolute atomic E-state index is 0.366. The Bertz CT molecular complexity index is 767. The van der Waals surface area contributed by atoms with Crippen LogP contribution >= 0.6 is 11.6 Å². The molecule has 0 bridgehead atoms. The number of nitrogens with zero attached hydrogens (tertiary/aromatic N) is 1. The Morgan fingerprint density at radius 3 is 2.73 bits per heavy atom. The Hall–Kier alpha value is -1.67. The number of hydrogen-bond donors (Lipinski definition) is 1. The second kappa shape index (κ2) is 5.85. The number of halogens is 1. The van der Waals surface area contributed by atoms with Crippen LogP contribution in [0, 0.1) is 6.92 Å². The second-order valence-electron chi connectivity index (χ2n) is 6.06. The number of benzene rings is 1. The normalized spacial score (nSPS) is 18.6. The highest BCUT2D eigenvalue weighted by molar-refractivity contribution is 6.32. The number of aromatic nitrogens is 1. The minimum Gasteiger partial charge on any atom is -0.372 e. The van der Waals surface area contributed by atoms with E-state index in [0.29, 0.717) is 6.04 Å². The van der Waals surface area contributed by atoms with Crippen LogP contribution in [0.1, 0.15) is 37.1 Å². The summed E-state index contributed by atoms with van der Waals surface area (Å²) >= 11 is 6.34. The van der Waals surface area contributed by atoms with Gasteiger partial charge in [0.25, 0.3) is 0 Å². The van der Waals surface area contributed by atoms with E-state index in [2.05, 4.69) is 62.0 Å². The fraction of sp³-hybridized carbons (Fsp3) is 0.368. The van der Waals surface area contributed by atoms with E-state index < -0.39 is 0 Å². The summed E-state index contributed by atoms with van der Waals surface area (Å²) in [5.41, 5.74) is 6.42. The van der Waals surface area contributed by atoms with Gasteiger partial charge < -0.3 is 9.88 Å². The molecule has 22 heavy (non-hydrogen) atoms. The summed E-state index contributed by atoms with van der Waals surface area (Å²) in [6, 6.07) is 7.07. The lowest BCUT2D eigenvalue weighted by Gasteiger charge is -2.32. The number of hydrogen-bond acceptors (Lipinski definition) is 1. The maximum absolute atomic E-state index is 6.34. The van der Waals surface area contributed by atoms with E-state index in [-0.39, 0.29) is 0 Å². The summed E-state index contributed by atoms with van der Waals surface area (Å²) in [5.74, 6) is 0. The summed E-state index contributed by atoms with van der Waals surface area (Å²) < 4.78 is 0. The van der Waals surface area contributed by atoms with Crippen LogP contribution in [0.15, 0.2) is 35.5 Å². The van der Waals surface area contributed by atoms with Crippen LogP contribution in [0.25, 0.3) is 16.5 Å². The van der Waals surface area contributed by atoms with Gasteiger partial charge in [-0.15, -0.1) is 0 Å². The first-order valence-corrected chi connectivity index (χ1v) is 8.35. The monoisotopic (exact) mass is 314 g/mol. The van der Waals surface area contributed by atoms with Gasteiger partial charge in [-0.05, 0) is 49.1 Å². The van der Waals surface area contributed by atoms with Crippen molar-refractivity contribution in [2.24, 2.45) is 0 Å². The molecule has 0 saturated heterocycles. The Kier molecular flexibility index (Phi) is 4.05. The number of fused-ring (bicyclic) bond motifs is 1. The highest BCUT2D eigenvalue weighted by atomic mass is 35.5. The van der Waals surface area contributed by atoms with Crippen molar-refractivity contribution in [1.82, 2.24) is 9.88 Å². The first kappa shape index (κ1) is 15.2. The summed E-state index contributed by atoms with van der Waals surface area (Å²) in [5, 5.41) is 2.10. The fourth-order valence-electron chi connectivity index (χ4n) is 3.50. The molecule has 3 rings (SSSR count). The van der Waals surface area contributed by atoms with Gasteiger partial charge in [0, 0.05) is 35.4 Å². The van der Waals surface area contributed by atoms with E-state index in [4.69, 9.17) is 11.6 Å². The number of aromatic amines is 1. The molecule has 1 aliphatic heterocycles. The molecule has 0 amide bonds. The van der Waals surface area contributed by atoms with Crippen molar-refractivity contribution in [1.29, 1.82) is 0 Å². The predicted octanol–water partition coefficient (Wildman–Crippen LogP) is 5.23. The van der Waals surface area contributed by atoms with E-state index in [1.807, 2.05) is 6.20 Å². The van der Waals surface area contributed by atoms with Crippen molar-refractivity contribution in [3.8, 4) is 0 Å². The third kappa shape index (κ3) is 2.46. The van der Waals surface area contributed by atoms with Gasteiger partial charge in [0.1, 0.15) is 0 Å². The zero-order chi connectivity index (χ0) is 15.9. The first-order valence-electron chi connectivity index (χ1n) is 7.97. The number of likely N-dealkylation sites (N-methyl/N-ethyl adjacent to an activating group) is 1.